The largest absolute Gasteiger partial charge is 2.00 e. The first-order valence-electron chi connectivity index (χ1n) is 10.1. The summed E-state index contributed by atoms with van der Waals surface area (Å²) >= 11 is 0. The van der Waals surface area contributed by atoms with Gasteiger partial charge in [0.25, 0.3) is 0 Å². The van der Waals surface area contributed by atoms with Gasteiger partial charge in [0.2, 0.25) is 0 Å². The van der Waals surface area contributed by atoms with E-state index in [0.29, 0.717) is 0 Å². The number of amides is 2. The third-order valence-corrected chi connectivity index (χ3v) is 6.97. The van der Waals surface area contributed by atoms with Crippen LogP contribution >= 0.6 is 0 Å². The Bertz CT molecular complexity index is 1380. The summed E-state index contributed by atoms with van der Waals surface area (Å²) in [5, 5.41) is 0. The van der Waals surface area contributed by atoms with Crippen LogP contribution in [-0.2, 0) is 42.6 Å². The number of sulfonamides is 2. The summed E-state index contributed by atoms with van der Waals surface area (Å²) in [4.78, 5) is 29.5. The molecule has 11 nitrogen and oxygen atoms in total. The van der Waals surface area contributed by atoms with Crippen molar-refractivity contribution in [3.63, 3.8) is 0 Å². The first kappa shape index (κ1) is 32.1. The van der Waals surface area contributed by atoms with E-state index in [1.165, 1.54) is 24.3 Å². The van der Waals surface area contributed by atoms with Gasteiger partial charge >= 0.3 is 17.1 Å². The Morgan fingerprint density at radius 1 is 0.500 bits per heavy atom. The van der Waals surface area contributed by atoms with E-state index < -0.39 is 31.9 Å². The molecule has 2 aliphatic heterocycles. The zero-order valence-corrected chi connectivity index (χ0v) is 21.9. The molecule has 0 aliphatic carbocycles. The van der Waals surface area contributed by atoms with Gasteiger partial charge in [-0.15, -0.1) is 0 Å². The molecule has 2 amide bonds. The fourth-order valence-corrected chi connectivity index (χ4v) is 4.97. The number of benzene rings is 2. The van der Waals surface area contributed by atoms with Gasteiger partial charge in [-0.1, -0.05) is 48.5 Å². The van der Waals surface area contributed by atoms with Crippen molar-refractivity contribution in [2.75, 3.05) is 0 Å². The number of hydrogen-bond acceptors (Lipinski definition) is 8. The van der Waals surface area contributed by atoms with Gasteiger partial charge in [-0.2, -0.15) is 0 Å². The molecule has 0 saturated carbocycles. The average Bonchev–Trinajstić information content (AvgIpc) is 3.29. The zero-order chi connectivity index (χ0) is 26.0. The molecule has 0 bridgehead atoms. The van der Waals surface area contributed by atoms with Crippen LogP contribution in [0.15, 0.2) is 120 Å². The van der Waals surface area contributed by atoms with Gasteiger partial charge in [0.1, 0.15) is 20.0 Å². The fraction of sp³-hybridized carbons (Fsp3) is 0. The molecular weight excluding hydrogens is 584 g/mol. The number of hydrogen-bond donors (Lipinski definition) is 0. The Balaban J connectivity index is 0.000000261. The minimum absolute atomic E-state index is 0. The summed E-state index contributed by atoms with van der Waals surface area (Å²) in [5.74, 6) is -1.35. The SMILES string of the molecule is O=C1[N-]S(=O)(=O)c2ccccc21.O=C1[N-]S(=O)(=O)c2ccccc21.[Cu+2].[OH3+].c1ccncc1.c1ccncc1. The van der Waals surface area contributed by atoms with Crippen LogP contribution in [-0.4, -0.2) is 38.6 Å². The Morgan fingerprint density at radius 3 is 1.05 bits per heavy atom. The molecule has 0 spiro atoms. The van der Waals surface area contributed by atoms with Crippen LogP contribution < -0.4 is 0 Å². The van der Waals surface area contributed by atoms with Crippen molar-refractivity contribution in [3.8, 4) is 0 Å². The monoisotopic (exact) mass is 604 g/mol. The molecule has 0 fully saturated rings. The van der Waals surface area contributed by atoms with Gasteiger partial charge in [0.05, 0.1) is 21.6 Å². The van der Waals surface area contributed by atoms with E-state index >= 15 is 0 Å². The van der Waals surface area contributed by atoms with Gasteiger partial charge in [-0.25, -0.2) is 16.8 Å². The van der Waals surface area contributed by atoms with Crippen molar-refractivity contribution in [2.24, 2.45) is 0 Å². The molecule has 4 heterocycles. The number of fused-ring (bicyclic) bond motifs is 2. The van der Waals surface area contributed by atoms with E-state index in [4.69, 9.17) is 0 Å². The summed E-state index contributed by atoms with van der Waals surface area (Å²) in [6.45, 7) is 0. The number of carbonyl (C=O) groups excluding carboxylic acids is 2. The predicted molar refractivity (Wildman–Crippen MR) is 136 cm³/mol. The Labute approximate surface area is 230 Å². The Kier molecular flexibility index (Phi) is 12.4. The summed E-state index contributed by atoms with van der Waals surface area (Å²) < 4.78 is 50.3. The Hall–Kier alpha value is -3.94. The van der Waals surface area contributed by atoms with Crippen LogP contribution in [0.2, 0.25) is 0 Å². The number of pyridine rings is 2. The number of carbonyl (C=O) groups is 2. The van der Waals surface area contributed by atoms with E-state index in [9.17, 15) is 26.4 Å². The van der Waals surface area contributed by atoms with Crippen molar-refractivity contribution >= 4 is 31.9 Å². The molecule has 2 aliphatic rings. The molecule has 0 atom stereocenters. The minimum atomic E-state index is -3.68. The van der Waals surface area contributed by atoms with E-state index in [0.717, 1.165) is 0 Å². The molecule has 2 aromatic heterocycles. The van der Waals surface area contributed by atoms with E-state index in [1.54, 1.807) is 49.1 Å². The maximum atomic E-state index is 11.1. The molecule has 201 valence electrons. The summed E-state index contributed by atoms with van der Waals surface area (Å²) in [6, 6.07) is 23.4. The van der Waals surface area contributed by atoms with Crippen LogP contribution in [0.1, 0.15) is 20.7 Å². The number of nitrogens with zero attached hydrogens (tertiary/aromatic N) is 4. The molecule has 6 rings (SSSR count). The molecular formula is C24H21CuN4O7S2+. The molecule has 3 N–H and O–H groups in total. The second kappa shape index (κ2) is 14.7. The van der Waals surface area contributed by atoms with Crippen molar-refractivity contribution in [1.29, 1.82) is 0 Å². The third kappa shape index (κ3) is 8.57. The van der Waals surface area contributed by atoms with Gasteiger partial charge < -0.3 is 24.5 Å². The summed E-state index contributed by atoms with van der Waals surface area (Å²) in [5.41, 5.74) is 0.329. The smallest absolute Gasteiger partial charge is 0.537 e. The van der Waals surface area contributed by atoms with E-state index in [1.807, 2.05) is 36.4 Å². The normalized spacial score (nSPS) is 14.2. The first-order chi connectivity index (χ1) is 17.2. The van der Waals surface area contributed by atoms with Crippen molar-refractivity contribution in [1.82, 2.24) is 9.97 Å². The van der Waals surface area contributed by atoms with Crippen molar-refractivity contribution in [3.05, 3.63) is 130 Å². The van der Waals surface area contributed by atoms with Crippen LogP contribution in [0.25, 0.3) is 9.44 Å². The first-order valence-corrected chi connectivity index (χ1v) is 13.0. The summed E-state index contributed by atoms with van der Waals surface area (Å²) in [6.07, 6.45) is 7.00. The second-order valence-corrected chi connectivity index (χ2v) is 9.93. The summed E-state index contributed by atoms with van der Waals surface area (Å²) in [7, 11) is -7.36. The molecule has 14 heteroatoms. The maximum Gasteiger partial charge on any atom is 2.00 e. The quantitative estimate of drug-likeness (QED) is 0.216. The van der Waals surface area contributed by atoms with Gasteiger partial charge in [0, 0.05) is 35.9 Å². The van der Waals surface area contributed by atoms with Gasteiger partial charge in [-0.3, -0.25) is 9.97 Å². The second-order valence-electron chi connectivity index (χ2n) is 6.78. The molecule has 38 heavy (non-hydrogen) atoms. The van der Waals surface area contributed by atoms with Crippen molar-refractivity contribution in [2.45, 2.75) is 9.79 Å². The van der Waals surface area contributed by atoms with Gasteiger partial charge in [0.15, 0.2) is 0 Å². The topological polar surface area (TPSA) is 189 Å². The fourth-order valence-electron chi connectivity index (χ4n) is 2.78. The number of rotatable bonds is 0. The average molecular weight is 605 g/mol. The zero-order valence-electron chi connectivity index (χ0n) is 19.3. The van der Waals surface area contributed by atoms with Crippen molar-refractivity contribution < 1.29 is 49.0 Å². The Morgan fingerprint density at radius 2 is 0.816 bits per heavy atom. The predicted octanol–water partition coefficient (Wildman–Crippen LogP) is 3.04. The minimum Gasteiger partial charge on any atom is -0.537 e. The molecule has 1 radical (unpaired) electrons. The van der Waals surface area contributed by atoms with E-state index in [2.05, 4.69) is 19.4 Å². The van der Waals surface area contributed by atoms with Crippen LogP contribution in [0.4, 0.5) is 0 Å². The maximum absolute atomic E-state index is 11.1. The number of aromatic nitrogens is 2. The van der Waals surface area contributed by atoms with E-state index in [-0.39, 0.29) is 43.5 Å². The molecule has 0 unspecified atom stereocenters. The third-order valence-electron chi connectivity index (χ3n) is 4.33. The van der Waals surface area contributed by atoms with Crippen LogP contribution in [0, 0.1) is 0 Å². The van der Waals surface area contributed by atoms with Crippen LogP contribution in [0.3, 0.4) is 0 Å². The molecule has 2 aromatic carbocycles. The molecule has 4 aromatic rings. The van der Waals surface area contributed by atoms with Crippen LogP contribution in [0.5, 0.6) is 0 Å². The van der Waals surface area contributed by atoms with Gasteiger partial charge in [-0.05, 0) is 36.4 Å². The molecule has 0 saturated heterocycles. The standard InChI is InChI=1S/2C7H5NO3S.2C5H5N.Cu.H2O/c2*9-7-5-3-1-2-4-6(5)12(10,11)8-7;2*1-2-4-6-5-3-1;;/h2*1-4H,(H,8,9);2*1-5H;;1H2/q;;;;+2;/p-1.